The lowest BCUT2D eigenvalue weighted by Gasteiger charge is -2.20. The molecule has 0 fully saturated rings. The van der Waals surface area contributed by atoms with Crippen molar-refractivity contribution in [2.24, 2.45) is 4.99 Å². The normalized spacial score (nSPS) is 13.0. The van der Waals surface area contributed by atoms with E-state index in [1.165, 1.54) is 4.88 Å². The van der Waals surface area contributed by atoms with Crippen LogP contribution in [0.5, 0.6) is 0 Å². The van der Waals surface area contributed by atoms with Crippen molar-refractivity contribution in [3.8, 4) is 0 Å². The van der Waals surface area contributed by atoms with Crippen molar-refractivity contribution in [1.29, 1.82) is 0 Å². The van der Waals surface area contributed by atoms with Gasteiger partial charge in [0.15, 0.2) is 5.96 Å². The van der Waals surface area contributed by atoms with Crippen molar-refractivity contribution in [2.75, 3.05) is 26.8 Å². The first kappa shape index (κ1) is 20.4. The van der Waals surface area contributed by atoms with Crippen LogP contribution in [0.1, 0.15) is 43.4 Å². The zero-order valence-electron chi connectivity index (χ0n) is 15.9. The van der Waals surface area contributed by atoms with Crippen LogP contribution < -0.4 is 10.6 Å². The number of guanidine groups is 1. The number of rotatable bonds is 11. The van der Waals surface area contributed by atoms with Crippen LogP contribution in [-0.4, -0.2) is 47.5 Å². The van der Waals surface area contributed by atoms with Gasteiger partial charge in [0, 0.05) is 44.6 Å². The Balaban J connectivity index is 1.93. The van der Waals surface area contributed by atoms with E-state index in [0.717, 1.165) is 57.3 Å². The number of nitrogens with one attached hydrogen (secondary N) is 2. The first-order valence-corrected chi connectivity index (χ1v) is 10.1. The minimum absolute atomic E-state index is 0.268. The second-order valence-corrected chi connectivity index (χ2v) is 6.90. The highest BCUT2D eigenvalue weighted by atomic mass is 32.1. The Morgan fingerprint density at radius 2 is 2.31 bits per heavy atom. The number of ether oxygens (including phenoxy) is 1. The molecule has 1 unspecified atom stereocenters. The molecule has 0 saturated carbocycles. The van der Waals surface area contributed by atoms with Gasteiger partial charge in [0.1, 0.15) is 12.2 Å². The van der Waals surface area contributed by atoms with Crippen LogP contribution in [0.15, 0.2) is 28.8 Å². The smallest absolute Gasteiger partial charge is 0.191 e. The van der Waals surface area contributed by atoms with E-state index in [0.29, 0.717) is 0 Å². The fraction of sp³-hybridized carbons (Fsp3) is 0.611. The van der Waals surface area contributed by atoms with E-state index in [-0.39, 0.29) is 6.04 Å². The molecule has 0 aliphatic heterocycles. The van der Waals surface area contributed by atoms with E-state index in [4.69, 9.17) is 9.73 Å². The molecule has 2 rings (SSSR count). The summed E-state index contributed by atoms with van der Waals surface area (Å²) in [5.74, 6) is 1.84. The summed E-state index contributed by atoms with van der Waals surface area (Å²) in [5.41, 5.74) is 0. The lowest BCUT2D eigenvalue weighted by Crippen LogP contribution is -2.41. The van der Waals surface area contributed by atoms with Gasteiger partial charge in [-0.2, -0.15) is 0 Å². The molecule has 1 atom stereocenters. The first-order valence-electron chi connectivity index (χ1n) is 9.22. The van der Waals surface area contributed by atoms with Crippen molar-refractivity contribution in [1.82, 2.24) is 25.4 Å². The van der Waals surface area contributed by atoms with Gasteiger partial charge in [0.05, 0.1) is 6.04 Å². The highest BCUT2D eigenvalue weighted by Crippen LogP contribution is 2.21. The Bertz CT molecular complexity index is 640. The van der Waals surface area contributed by atoms with Crippen LogP contribution in [0.3, 0.4) is 0 Å². The van der Waals surface area contributed by atoms with E-state index in [9.17, 15) is 0 Å². The Hall–Kier alpha value is -1.93. The number of nitrogens with zero attached hydrogens (tertiary/aromatic N) is 4. The van der Waals surface area contributed by atoms with Gasteiger partial charge in [-0.3, -0.25) is 4.99 Å². The lowest BCUT2D eigenvalue weighted by atomic mass is 10.2. The Labute approximate surface area is 159 Å². The number of methoxy groups -OCH3 is 1. The lowest BCUT2D eigenvalue weighted by molar-refractivity contribution is 0.197. The summed E-state index contributed by atoms with van der Waals surface area (Å²) in [5, 5.41) is 17.2. The van der Waals surface area contributed by atoms with Crippen LogP contribution in [0.4, 0.5) is 0 Å². The quantitative estimate of drug-likeness (QED) is 0.357. The van der Waals surface area contributed by atoms with Gasteiger partial charge in [-0.15, -0.1) is 21.5 Å². The molecular weight excluding hydrogens is 348 g/mol. The van der Waals surface area contributed by atoms with Gasteiger partial charge < -0.3 is 19.9 Å². The Kier molecular flexibility index (Phi) is 9.13. The van der Waals surface area contributed by atoms with Crippen molar-refractivity contribution in [3.63, 3.8) is 0 Å². The molecule has 144 valence electrons. The van der Waals surface area contributed by atoms with Gasteiger partial charge in [-0.05, 0) is 24.3 Å². The SMILES string of the molecule is CCc1nncn1CCNC(=NCCCOC)NC(CC)c1cccs1. The van der Waals surface area contributed by atoms with Crippen LogP contribution in [0, 0.1) is 0 Å². The van der Waals surface area contributed by atoms with Crippen molar-refractivity contribution >= 4 is 17.3 Å². The molecule has 2 N–H and O–H groups in total. The minimum Gasteiger partial charge on any atom is -0.385 e. The van der Waals surface area contributed by atoms with E-state index in [1.54, 1.807) is 24.8 Å². The summed E-state index contributed by atoms with van der Waals surface area (Å²) in [6, 6.07) is 4.52. The zero-order valence-corrected chi connectivity index (χ0v) is 16.8. The van der Waals surface area contributed by atoms with Crippen LogP contribution in [-0.2, 0) is 17.7 Å². The topological polar surface area (TPSA) is 76.4 Å². The Morgan fingerprint density at radius 1 is 1.42 bits per heavy atom. The molecule has 0 aromatic carbocycles. The molecule has 2 heterocycles. The predicted octanol–water partition coefficient (Wildman–Crippen LogP) is 2.63. The predicted molar refractivity (Wildman–Crippen MR) is 107 cm³/mol. The van der Waals surface area contributed by atoms with Crippen molar-refractivity contribution < 1.29 is 4.74 Å². The number of aromatic nitrogens is 3. The molecule has 2 aromatic heterocycles. The molecule has 8 heteroatoms. The number of thiophene rings is 1. The zero-order chi connectivity index (χ0) is 18.6. The fourth-order valence-corrected chi connectivity index (χ4v) is 3.48. The van der Waals surface area contributed by atoms with E-state index >= 15 is 0 Å². The van der Waals surface area contributed by atoms with E-state index in [1.807, 2.05) is 0 Å². The highest BCUT2D eigenvalue weighted by Gasteiger charge is 2.12. The van der Waals surface area contributed by atoms with Crippen molar-refractivity contribution in [3.05, 3.63) is 34.5 Å². The van der Waals surface area contributed by atoms with Crippen molar-refractivity contribution in [2.45, 2.75) is 45.7 Å². The average molecular weight is 379 g/mol. The number of hydrogen-bond donors (Lipinski definition) is 2. The number of aryl methyl sites for hydroxylation is 1. The van der Waals surface area contributed by atoms with E-state index in [2.05, 4.69) is 56.8 Å². The molecule has 0 bridgehead atoms. The Morgan fingerprint density at radius 3 is 3.00 bits per heavy atom. The molecule has 2 aromatic rings. The molecule has 7 nitrogen and oxygen atoms in total. The fourth-order valence-electron chi connectivity index (χ4n) is 2.62. The second kappa shape index (κ2) is 11.6. The van der Waals surface area contributed by atoms with Gasteiger partial charge in [0.2, 0.25) is 0 Å². The maximum Gasteiger partial charge on any atom is 0.191 e. The summed E-state index contributed by atoms with van der Waals surface area (Å²) >= 11 is 1.77. The molecule has 0 saturated heterocycles. The summed E-state index contributed by atoms with van der Waals surface area (Å²) in [6.45, 7) is 7.30. The van der Waals surface area contributed by atoms with Crippen LogP contribution >= 0.6 is 11.3 Å². The molecule has 0 spiro atoms. The maximum atomic E-state index is 5.11. The first-order chi connectivity index (χ1) is 12.8. The van der Waals surface area contributed by atoms with Crippen LogP contribution in [0.25, 0.3) is 0 Å². The third-order valence-corrected chi connectivity index (χ3v) is 5.03. The van der Waals surface area contributed by atoms with Gasteiger partial charge in [-0.1, -0.05) is 19.9 Å². The van der Waals surface area contributed by atoms with Crippen LogP contribution in [0.2, 0.25) is 0 Å². The summed E-state index contributed by atoms with van der Waals surface area (Å²) in [4.78, 5) is 6.02. The molecule has 26 heavy (non-hydrogen) atoms. The number of hydrogen-bond acceptors (Lipinski definition) is 5. The van der Waals surface area contributed by atoms with Gasteiger partial charge >= 0.3 is 0 Å². The second-order valence-electron chi connectivity index (χ2n) is 5.92. The molecule has 0 aliphatic rings. The molecule has 0 amide bonds. The summed E-state index contributed by atoms with van der Waals surface area (Å²) in [7, 11) is 1.72. The third kappa shape index (κ3) is 6.42. The summed E-state index contributed by atoms with van der Waals surface area (Å²) in [6.07, 6.45) is 4.58. The summed E-state index contributed by atoms with van der Waals surface area (Å²) < 4.78 is 7.19. The molecule has 0 radical (unpaired) electrons. The monoisotopic (exact) mass is 378 g/mol. The van der Waals surface area contributed by atoms with Gasteiger partial charge in [0.25, 0.3) is 0 Å². The average Bonchev–Trinajstić information content (AvgIpc) is 3.34. The molecule has 0 aliphatic carbocycles. The standard InChI is InChI=1S/C18H30N6OS/c1-4-15(16-8-6-13-26-16)22-18(19-9-7-12-25-3)20-10-11-24-14-21-23-17(24)5-2/h6,8,13-15H,4-5,7,9-12H2,1-3H3,(H2,19,20,22). The van der Waals surface area contributed by atoms with E-state index < -0.39 is 0 Å². The van der Waals surface area contributed by atoms with Gasteiger partial charge in [-0.25, -0.2) is 0 Å². The minimum atomic E-state index is 0.268. The highest BCUT2D eigenvalue weighted by molar-refractivity contribution is 7.10. The third-order valence-electron chi connectivity index (χ3n) is 4.04. The number of aliphatic imine (C=N–C) groups is 1. The molecular formula is C18H30N6OS. The largest absolute Gasteiger partial charge is 0.385 e. The maximum absolute atomic E-state index is 5.11.